The van der Waals surface area contributed by atoms with Crippen LogP contribution in [0.25, 0.3) is 0 Å². The molecule has 1 N–H and O–H groups in total. The first kappa shape index (κ1) is 13.6. The summed E-state index contributed by atoms with van der Waals surface area (Å²) in [6, 6.07) is 7.72. The van der Waals surface area contributed by atoms with E-state index in [0.717, 1.165) is 31.7 Å². The lowest BCUT2D eigenvalue weighted by molar-refractivity contribution is 0.175. The molecule has 2 rings (SSSR count). The highest BCUT2D eigenvalue weighted by Gasteiger charge is 2.23. The number of hydrogen-bond acceptors (Lipinski definition) is 3. The largest absolute Gasteiger partial charge is 0.314 e. The Morgan fingerprint density at radius 2 is 2.06 bits per heavy atom. The summed E-state index contributed by atoms with van der Waals surface area (Å²) < 4.78 is 0. The number of rotatable bonds is 3. The van der Waals surface area contributed by atoms with Crippen LogP contribution in [0.15, 0.2) is 18.2 Å². The number of piperazine rings is 1. The molecule has 3 nitrogen and oxygen atoms in total. The third kappa shape index (κ3) is 3.15. The highest BCUT2D eigenvalue weighted by molar-refractivity contribution is 6.33. The summed E-state index contributed by atoms with van der Waals surface area (Å²) in [7, 11) is 0. The smallest absolute Gasteiger partial charge is 0.0641 e. The van der Waals surface area contributed by atoms with Crippen molar-refractivity contribution in [1.82, 2.24) is 10.2 Å². The minimum absolute atomic E-state index is 0.0308. The average Bonchev–Trinajstić information content (AvgIpc) is 2.40. The molecule has 0 saturated carbocycles. The van der Waals surface area contributed by atoms with Gasteiger partial charge in [0, 0.05) is 42.3 Å². The molecule has 0 unspecified atom stereocenters. The lowest BCUT2D eigenvalue weighted by Crippen LogP contribution is -2.45. The van der Waals surface area contributed by atoms with E-state index >= 15 is 0 Å². The van der Waals surface area contributed by atoms with Gasteiger partial charge in [-0.25, -0.2) is 0 Å². The van der Waals surface area contributed by atoms with Gasteiger partial charge in [0.1, 0.15) is 0 Å². The van der Waals surface area contributed by atoms with Gasteiger partial charge in [0.15, 0.2) is 0 Å². The van der Waals surface area contributed by atoms with Crippen molar-refractivity contribution in [2.45, 2.75) is 12.5 Å². The van der Waals surface area contributed by atoms with E-state index in [2.05, 4.69) is 16.3 Å². The van der Waals surface area contributed by atoms with Gasteiger partial charge in [-0.3, -0.25) is 4.90 Å². The van der Waals surface area contributed by atoms with Gasteiger partial charge >= 0.3 is 0 Å². The molecule has 96 valence electrons. The van der Waals surface area contributed by atoms with E-state index in [1.807, 2.05) is 6.07 Å². The van der Waals surface area contributed by atoms with E-state index in [9.17, 15) is 0 Å². The maximum Gasteiger partial charge on any atom is 0.0641 e. The molecule has 0 aliphatic carbocycles. The first-order valence-corrected chi connectivity index (χ1v) is 6.74. The molecular formula is C13H15Cl2N3. The third-order valence-corrected chi connectivity index (χ3v) is 3.77. The zero-order chi connectivity index (χ0) is 13.0. The first-order chi connectivity index (χ1) is 8.72. The maximum absolute atomic E-state index is 9.02. The second-order valence-electron chi connectivity index (χ2n) is 4.33. The van der Waals surface area contributed by atoms with Crippen LogP contribution >= 0.6 is 23.2 Å². The van der Waals surface area contributed by atoms with E-state index in [1.165, 1.54) is 0 Å². The van der Waals surface area contributed by atoms with Crippen LogP contribution in [-0.2, 0) is 0 Å². The lowest BCUT2D eigenvalue weighted by atomic mass is 10.0. The predicted octanol–water partition coefficient (Wildman–Crippen LogP) is 2.85. The normalized spacial score (nSPS) is 18.3. The van der Waals surface area contributed by atoms with Crippen LogP contribution in [-0.4, -0.2) is 31.1 Å². The van der Waals surface area contributed by atoms with Gasteiger partial charge < -0.3 is 5.32 Å². The Balaban J connectivity index is 2.28. The highest BCUT2D eigenvalue weighted by Crippen LogP contribution is 2.32. The van der Waals surface area contributed by atoms with Gasteiger partial charge in [0.05, 0.1) is 12.5 Å². The number of nitriles is 1. The highest BCUT2D eigenvalue weighted by atomic mass is 35.5. The quantitative estimate of drug-likeness (QED) is 0.927. The van der Waals surface area contributed by atoms with Crippen molar-refractivity contribution in [3.63, 3.8) is 0 Å². The second-order valence-corrected chi connectivity index (χ2v) is 5.17. The molecule has 1 atom stereocenters. The van der Waals surface area contributed by atoms with Crippen molar-refractivity contribution in [1.29, 1.82) is 5.26 Å². The fourth-order valence-electron chi connectivity index (χ4n) is 2.29. The summed E-state index contributed by atoms with van der Waals surface area (Å²) in [4.78, 5) is 2.29. The molecule has 0 aromatic heterocycles. The Kier molecular flexibility index (Phi) is 4.85. The maximum atomic E-state index is 9.02. The molecule has 1 saturated heterocycles. The van der Waals surface area contributed by atoms with E-state index < -0.39 is 0 Å². The van der Waals surface area contributed by atoms with Crippen molar-refractivity contribution in [3.05, 3.63) is 33.8 Å². The number of hydrogen-bond donors (Lipinski definition) is 1. The summed E-state index contributed by atoms with van der Waals surface area (Å²) in [5.74, 6) is 0. The Morgan fingerprint density at radius 1 is 1.33 bits per heavy atom. The predicted molar refractivity (Wildman–Crippen MR) is 73.9 cm³/mol. The Bertz CT molecular complexity index is 450. The van der Waals surface area contributed by atoms with Gasteiger partial charge in [-0.15, -0.1) is 0 Å². The van der Waals surface area contributed by atoms with Gasteiger partial charge in [-0.05, 0) is 23.8 Å². The fraction of sp³-hybridized carbons (Fsp3) is 0.462. The molecule has 1 aromatic rings. The Morgan fingerprint density at radius 3 is 2.72 bits per heavy atom. The molecule has 1 fully saturated rings. The molecular weight excluding hydrogens is 269 g/mol. The molecule has 0 radical (unpaired) electrons. The zero-order valence-corrected chi connectivity index (χ0v) is 11.5. The summed E-state index contributed by atoms with van der Waals surface area (Å²) in [5.41, 5.74) is 0.951. The van der Waals surface area contributed by atoms with Crippen LogP contribution in [0.2, 0.25) is 10.0 Å². The summed E-state index contributed by atoms with van der Waals surface area (Å²) in [6.07, 6.45) is 0.431. The standard InChI is InChI=1S/C13H15Cl2N3/c14-10-1-2-12(15)11(9-10)13(3-4-16)18-7-5-17-6-8-18/h1-2,9,13,17H,3,5-8H2/t13-/m0/s1. The Hall–Kier alpha value is -0.790. The minimum atomic E-state index is 0.0308. The van der Waals surface area contributed by atoms with Crippen LogP contribution in [0.4, 0.5) is 0 Å². The summed E-state index contributed by atoms with van der Waals surface area (Å²) >= 11 is 12.3. The molecule has 0 spiro atoms. The van der Waals surface area contributed by atoms with E-state index in [1.54, 1.807) is 12.1 Å². The first-order valence-electron chi connectivity index (χ1n) is 5.99. The molecule has 1 aliphatic rings. The van der Waals surface area contributed by atoms with Crippen LogP contribution in [0.3, 0.4) is 0 Å². The number of nitrogens with zero attached hydrogens (tertiary/aromatic N) is 2. The molecule has 0 amide bonds. The van der Waals surface area contributed by atoms with E-state index in [0.29, 0.717) is 16.5 Å². The van der Waals surface area contributed by atoms with E-state index in [-0.39, 0.29) is 6.04 Å². The van der Waals surface area contributed by atoms with Gasteiger partial charge in [-0.2, -0.15) is 5.26 Å². The van der Waals surface area contributed by atoms with Crippen LogP contribution in [0.1, 0.15) is 18.0 Å². The van der Waals surface area contributed by atoms with Crippen molar-refractivity contribution < 1.29 is 0 Å². The average molecular weight is 284 g/mol. The van der Waals surface area contributed by atoms with Gasteiger partial charge in [0.25, 0.3) is 0 Å². The molecule has 1 aromatic carbocycles. The SMILES string of the molecule is N#CC[C@@H](c1cc(Cl)ccc1Cl)N1CCNCC1. The van der Waals surface area contributed by atoms with Gasteiger partial charge in [-0.1, -0.05) is 23.2 Å². The lowest BCUT2D eigenvalue weighted by Gasteiger charge is -2.34. The fourth-order valence-corrected chi connectivity index (χ4v) is 2.71. The summed E-state index contributed by atoms with van der Waals surface area (Å²) in [5, 5.41) is 13.7. The van der Waals surface area contributed by atoms with Crippen molar-refractivity contribution in [3.8, 4) is 6.07 Å². The minimum Gasteiger partial charge on any atom is -0.314 e. The molecule has 1 aliphatic heterocycles. The van der Waals surface area contributed by atoms with Crippen LogP contribution < -0.4 is 5.32 Å². The molecule has 5 heteroatoms. The monoisotopic (exact) mass is 283 g/mol. The Labute approximate surface area is 117 Å². The van der Waals surface area contributed by atoms with Crippen LogP contribution in [0.5, 0.6) is 0 Å². The van der Waals surface area contributed by atoms with E-state index in [4.69, 9.17) is 28.5 Å². The molecule has 0 bridgehead atoms. The van der Waals surface area contributed by atoms with Gasteiger partial charge in [0.2, 0.25) is 0 Å². The molecule has 18 heavy (non-hydrogen) atoms. The second kappa shape index (κ2) is 6.40. The third-order valence-electron chi connectivity index (χ3n) is 3.19. The number of nitrogens with one attached hydrogen (secondary N) is 1. The van der Waals surface area contributed by atoms with Crippen LogP contribution in [0, 0.1) is 11.3 Å². The summed E-state index contributed by atoms with van der Waals surface area (Å²) in [6.45, 7) is 3.74. The zero-order valence-electron chi connectivity index (χ0n) is 10.00. The topological polar surface area (TPSA) is 39.1 Å². The molecule has 1 heterocycles. The van der Waals surface area contributed by atoms with Crippen molar-refractivity contribution >= 4 is 23.2 Å². The van der Waals surface area contributed by atoms with Crippen molar-refractivity contribution in [2.24, 2.45) is 0 Å². The number of benzene rings is 1. The number of halogens is 2. The van der Waals surface area contributed by atoms with Crippen molar-refractivity contribution in [2.75, 3.05) is 26.2 Å².